The first-order chi connectivity index (χ1) is 7.70. The Morgan fingerprint density at radius 2 is 1.94 bits per heavy atom. The molecule has 0 fully saturated rings. The van der Waals surface area contributed by atoms with Crippen LogP contribution in [-0.2, 0) is 16.1 Å². The summed E-state index contributed by atoms with van der Waals surface area (Å²) in [6.45, 7) is 3.04. The van der Waals surface area contributed by atoms with E-state index in [1.807, 2.05) is 6.07 Å². The lowest BCUT2D eigenvalue weighted by Crippen LogP contribution is -2.31. The summed E-state index contributed by atoms with van der Waals surface area (Å²) in [5.41, 5.74) is 0. The van der Waals surface area contributed by atoms with Crippen LogP contribution in [0.1, 0.15) is 19.8 Å². The maximum Gasteiger partial charge on any atom is 0.168 e. The molecule has 0 aliphatic carbocycles. The second-order valence-electron chi connectivity index (χ2n) is 3.27. The molecule has 0 aliphatic heterocycles. The Kier molecular flexibility index (Phi) is 9.21. The van der Waals surface area contributed by atoms with E-state index in [1.165, 1.54) is 20.0 Å². The molecule has 0 unspecified atom stereocenters. The van der Waals surface area contributed by atoms with Gasteiger partial charge in [-0.05, 0) is 0 Å². The van der Waals surface area contributed by atoms with E-state index >= 15 is 0 Å². The molecule has 0 N–H and O–H groups in total. The molecule has 0 radical (unpaired) electrons. The van der Waals surface area contributed by atoms with Gasteiger partial charge < -0.3 is 14.6 Å². The third-order valence-electron chi connectivity index (χ3n) is 1.81. The van der Waals surface area contributed by atoms with Crippen LogP contribution in [0, 0.1) is 0 Å². The molecule has 1 aromatic rings. The van der Waals surface area contributed by atoms with Crippen LogP contribution in [0.15, 0.2) is 30.6 Å². The lowest BCUT2D eigenvalue weighted by Gasteiger charge is -1.94. The first kappa shape index (κ1) is 14.6. The van der Waals surface area contributed by atoms with Crippen molar-refractivity contribution >= 4 is 5.97 Å². The lowest BCUT2D eigenvalue weighted by atomic mass is 10.3. The first-order valence-electron chi connectivity index (χ1n) is 5.33. The summed E-state index contributed by atoms with van der Waals surface area (Å²) in [4.78, 5) is 9.36. The van der Waals surface area contributed by atoms with Gasteiger partial charge in [0, 0.05) is 25.7 Å². The van der Waals surface area contributed by atoms with Gasteiger partial charge in [0.25, 0.3) is 0 Å². The molecule has 1 rings (SSSR count). The second-order valence-corrected chi connectivity index (χ2v) is 3.27. The van der Waals surface area contributed by atoms with Crippen molar-refractivity contribution in [3.05, 3.63) is 30.6 Å². The summed E-state index contributed by atoms with van der Waals surface area (Å²) in [5.74, 6) is -1.18. The number of carboxylic acids is 1. The SMILES string of the molecule is CCCC[n+]1ccccc1.COCC(=O)[O-]. The van der Waals surface area contributed by atoms with Gasteiger partial charge >= 0.3 is 0 Å². The molecule has 90 valence electrons. The number of unbranched alkanes of at least 4 members (excludes halogenated alkanes) is 1. The number of aryl methyl sites for hydroxylation is 1. The summed E-state index contributed by atoms with van der Waals surface area (Å²) in [6.07, 6.45) is 6.75. The number of methoxy groups -OCH3 is 1. The Morgan fingerprint density at radius 1 is 1.31 bits per heavy atom. The van der Waals surface area contributed by atoms with E-state index in [-0.39, 0.29) is 6.61 Å². The Bertz CT molecular complexity index is 275. The van der Waals surface area contributed by atoms with E-state index in [2.05, 4.69) is 40.8 Å². The number of hydrogen-bond donors (Lipinski definition) is 0. The molecule has 1 heterocycles. The number of pyridine rings is 1. The zero-order valence-corrected chi connectivity index (χ0v) is 9.89. The third kappa shape index (κ3) is 9.15. The Labute approximate surface area is 96.5 Å². The summed E-state index contributed by atoms with van der Waals surface area (Å²) >= 11 is 0. The molecule has 0 aliphatic rings. The van der Waals surface area contributed by atoms with Gasteiger partial charge in [-0.15, -0.1) is 0 Å². The molecule has 0 amide bonds. The normalized spacial score (nSPS) is 9.12. The molecule has 4 heteroatoms. The van der Waals surface area contributed by atoms with Gasteiger partial charge in [0.05, 0.1) is 12.6 Å². The van der Waals surface area contributed by atoms with Gasteiger partial charge in [0.15, 0.2) is 12.4 Å². The second kappa shape index (κ2) is 10.1. The predicted octanol–water partition coefficient (Wildman–Crippen LogP) is 0.157. The minimum Gasteiger partial charge on any atom is -0.548 e. The van der Waals surface area contributed by atoms with Gasteiger partial charge in [-0.3, -0.25) is 0 Å². The highest BCUT2D eigenvalue weighted by Crippen LogP contribution is 1.85. The number of aromatic nitrogens is 1. The smallest absolute Gasteiger partial charge is 0.168 e. The van der Waals surface area contributed by atoms with E-state index in [9.17, 15) is 9.90 Å². The molecule has 1 aromatic heterocycles. The molecule has 0 spiro atoms. The van der Waals surface area contributed by atoms with Crippen molar-refractivity contribution in [2.45, 2.75) is 26.3 Å². The maximum absolute atomic E-state index is 9.36. The number of rotatable bonds is 5. The highest BCUT2D eigenvalue weighted by atomic mass is 16.5. The molecular formula is C12H19NO3. The van der Waals surface area contributed by atoms with E-state index in [1.54, 1.807) is 0 Å². The largest absolute Gasteiger partial charge is 0.548 e. The van der Waals surface area contributed by atoms with E-state index in [4.69, 9.17) is 0 Å². The Balaban J connectivity index is 0.000000325. The van der Waals surface area contributed by atoms with E-state index < -0.39 is 5.97 Å². The van der Waals surface area contributed by atoms with Gasteiger partial charge in [-0.2, -0.15) is 0 Å². The molecular weight excluding hydrogens is 206 g/mol. The molecule has 0 aromatic carbocycles. The minimum absolute atomic E-state index is 0.319. The van der Waals surface area contributed by atoms with Crippen molar-refractivity contribution in [3.8, 4) is 0 Å². The molecule has 4 nitrogen and oxygen atoms in total. The fraction of sp³-hybridized carbons (Fsp3) is 0.500. The number of aliphatic carboxylic acids is 1. The molecule has 0 atom stereocenters. The number of nitrogens with zero attached hydrogens (tertiary/aromatic N) is 1. The fourth-order valence-corrected chi connectivity index (χ4v) is 1.04. The average Bonchev–Trinajstić information content (AvgIpc) is 2.28. The van der Waals surface area contributed by atoms with Gasteiger partial charge in [-0.1, -0.05) is 19.4 Å². The minimum atomic E-state index is -1.18. The molecule has 0 saturated carbocycles. The number of ether oxygens (including phenoxy) is 1. The number of carbonyl (C=O) groups is 1. The molecule has 16 heavy (non-hydrogen) atoms. The number of carbonyl (C=O) groups excluding carboxylic acids is 1. The van der Waals surface area contributed by atoms with Crippen LogP contribution in [0.5, 0.6) is 0 Å². The number of carboxylic acid groups (broad SMARTS) is 1. The van der Waals surface area contributed by atoms with Crippen molar-refractivity contribution < 1.29 is 19.2 Å². The standard InChI is InChI=1S/C9H14N.C3H6O3/c1-2-3-7-10-8-5-4-6-9-10;1-6-2-3(4)5/h4-6,8-9H,2-3,7H2,1H3;2H2,1H3,(H,4,5)/q+1;/p-1. The van der Waals surface area contributed by atoms with Crippen molar-refractivity contribution in [3.63, 3.8) is 0 Å². The Morgan fingerprint density at radius 3 is 2.31 bits per heavy atom. The van der Waals surface area contributed by atoms with E-state index in [0.29, 0.717) is 0 Å². The molecule has 0 bridgehead atoms. The number of hydrogen-bond acceptors (Lipinski definition) is 3. The third-order valence-corrected chi connectivity index (χ3v) is 1.81. The monoisotopic (exact) mass is 225 g/mol. The summed E-state index contributed by atoms with van der Waals surface area (Å²) in [6, 6.07) is 6.17. The van der Waals surface area contributed by atoms with Crippen LogP contribution in [-0.4, -0.2) is 19.7 Å². The summed E-state index contributed by atoms with van der Waals surface area (Å²) in [7, 11) is 1.30. The topological polar surface area (TPSA) is 53.2 Å². The van der Waals surface area contributed by atoms with Crippen LogP contribution in [0.4, 0.5) is 0 Å². The quantitative estimate of drug-likeness (QED) is 0.671. The van der Waals surface area contributed by atoms with E-state index in [0.717, 1.165) is 6.54 Å². The van der Waals surface area contributed by atoms with Crippen LogP contribution in [0.3, 0.4) is 0 Å². The van der Waals surface area contributed by atoms with Crippen molar-refractivity contribution in [2.24, 2.45) is 0 Å². The van der Waals surface area contributed by atoms with Crippen molar-refractivity contribution in [2.75, 3.05) is 13.7 Å². The van der Waals surface area contributed by atoms with Crippen LogP contribution in [0.25, 0.3) is 0 Å². The van der Waals surface area contributed by atoms with Gasteiger partial charge in [0.2, 0.25) is 0 Å². The highest BCUT2D eigenvalue weighted by Gasteiger charge is 1.93. The predicted molar refractivity (Wildman–Crippen MR) is 58.4 cm³/mol. The van der Waals surface area contributed by atoms with Gasteiger partial charge in [0.1, 0.15) is 6.54 Å². The summed E-state index contributed by atoms with van der Waals surface area (Å²) in [5, 5.41) is 9.36. The highest BCUT2D eigenvalue weighted by molar-refractivity contribution is 5.65. The average molecular weight is 225 g/mol. The first-order valence-corrected chi connectivity index (χ1v) is 5.33. The van der Waals surface area contributed by atoms with Crippen molar-refractivity contribution in [1.82, 2.24) is 0 Å². The zero-order chi connectivity index (χ0) is 12.2. The van der Waals surface area contributed by atoms with Crippen LogP contribution < -0.4 is 9.67 Å². The van der Waals surface area contributed by atoms with Crippen LogP contribution in [0.2, 0.25) is 0 Å². The van der Waals surface area contributed by atoms with Gasteiger partial charge in [-0.25, -0.2) is 4.57 Å². The van der Waals surface area contributed by atoms with Crippen LogP contribution >= 0.6 is 0 Å². The maximum atomic E-state index is 9.36. The van der Waals surface area contributed by atoms with Crippen molar-refractivity contribution in [1.29, 1.82) is 0 Å². The lowest BCUT2D eigenvalue weighted by molar-refractivity contribution is -0.697. The molecule has 0 saturated heterocycles. The summed E-state index contributed by atoms with van der Waals surface area (Å²) < 4.78 is 6.35. The Hall–Kier alpha value is -1.42. The zero-order valence-electron chi connectivity index (χ0n) is 9.89. The fourth-order valence-electron chi connectivity index (χ4n) is 1.04.